The zero-order valence-electron chi connectivity index (χ0n) is 22.5. The second kappa shape index (κ2) is 12.4. The molecule has 4 aromatic rings. The van der Waals surface area contributed by atoms with E-state index in [1.54, 1.807) is 18.3 Å². The largest absolute Gasteiger partial charge is 0.474 e. The van der Waals surface area contributed by atoms with Crippen LogP contribution >= 0.6 is 0 Å². The fraction of sp³-hybridized carbons (Fsp3) is 0.250. The van der Waals surface area contributed by atoms with Crippen molar-refractivity contribution in [3.05, 3.63) is 114 Å². The van der Waals surface area contributed by atoms with Gasteiger partial charge < -0.3 is 10.1 Å². The Labute approximate surface area is 235 Å². The van der Waals surface area contributed by atoms with Crippen LogP contribution in [0.5, 0.6) is 5.88 Å². The summed E-state index contributed by atoms with van der Waals surface area (Å²) in [7, 11) is -3.18. The van der Waals surface area contributed by atoms with Gasteiger partial charge in [0.25, 0.3) is 5.91 Å². The molecule has 8 heteroatoms. The first-order valence-electron chi connectivity index (χ1n) is 13.4. The number of ether oxygens (including phenoxy) is 1. The quantitative estimate of drug-likeness (QED) is 0.308. The van der Waals surface area contributed by atoms with Gasteiger partial charge in [0, 0.05) is 50.3 Å². The number of benzene rings is 3. The molecule has 0 atom stereocenters. The summed E-state index contributed by atoms with van der Waals surface area (Å²) >= 11 is 0. The van der Waals surface area contributed by atoms with Crippen molar-refractivity contribution in [3.8, 4) is 17.0 Å². The minimum absolute atomic E-state index is 0.0979. The Morgan fingerprint density at radius 3 is 2.15 bits per heavy atom. The molecule has 0 saturated carbocycles. The second-order valence-corrected chi connectivity index (χ2v) is 12.2. The van der Waals surface area contributed by atoms with E-state index in [0.29, 0.717) is 22.9 Å². The van der Waals surface area contributed by atoms with Gasteiger partial charge >= 0.3 is 0 Å². The molecule has 1 N–H and O–H groups in total. The topological polar surface area (TPSA) is 88.6 Å². The minimum atomic E-state index is -3.18. The second-order valence-electron chi connectivity index (χ2n) is 10.1. The molecule has 1 fully saturated rings. The molecule has 40 heavy (non-hydrogen) atoms. The number of carbonyl (C=O) groups excluding carboxylic acids is 1. The first-order valence-corrected chi connectivity index (χ1v) is 15.3. The predicted molar refractivity (Wildman–Crippen MR) is 156 cm³/mol. The lowest BCUT2D eigenvalue weighted by Gasteiger charge is -2.31. The molecule has 0 bridgehead atoms. The highest BCUT2D eigenvalue weighted by atomic mass is 32.2. The van der Waals surface area contributed by atoms with E-state index in [0.717, 1.165) is 54.7 Å². The maximum Gasteiger partial charge on any atom is 0.251 e. The number of nitrogens with one attached hydrogen (secondary N) is 1. The number of rotatable bonds is 9. The van der Waals surface area contributed by atoms with Gasteiger partial charge in [-0.3, -0.25) is 9.69 Å². The number of hydrogen-bond donors (Lipinski definition) is 1. The summed E-state index contributed by atoms with van der Waals surface area (Å²) in [6.07, 6.45) is 4.85. The Morgan fingerprint density at radius 2 is 1.52 bits per heavy atom. The molecule has 206 valence electrons. The monoisotopic (exact) mass is 555 g/mol. The summed E-state index contributed by atoms with van der Waals surface area (Å²) in [6.45, 7) is 2.96. The SMILES string of the molecule is CS(=O)(=O)c1ccc(CN2CCC(Oc3ccc(CNC(=O)c4ccc(-c5ccccc5)cc4)cn3)CC2)cc1. The van der Waals surface area contributed by atoms with Crippen LogP contribution < -0.4 is 10.1 Å². The van der Waals surface area contributed by atoms with E-state index in [-0.39, 0.29) is 12.0 Å². The molecule has 0 radical (unpaired) electrons. The number of carbonyl (C=O) groups is 1. The highest BCUT2D eigenvalue weighted by Gasteiger charge is 2.21. The molecule has 2 heterocycles. The van der Waals surface area contributed by atoms with Crippen LogP contribution in [0.3, 0.4) is 0 Å². The molecule has 1 aliphatic rings. The molecule has 1 aliphatic heterocycles. The number of likely N-dealkylation sites (tertiary alicyclic amines) is 1. The maximum atomic E-state index is 12.6. The molecular weight excluding hydrogens is 522 g/mol. The summed E-state index contributed by atoms with van der Waals surface area (Å²) in [6, 6.07) is 28.6. The summed E-state index contributed by atoms with van der Waals surface area (Å²) in [5, 5.41) is 2.96. The fourth-order valence-electron chi connectivity index (χ4n) is 4.77. The fourth-order valence-corrected chi connectivity index (χ4v) is 5.40. The summed E-state index contributed by atoms with van der Waals surface area (Å²) in [5.74, 6) is 0.458. The van der Waals surface area contributed by atoms with Crippen molar-refractivity contribution in [1.82, 2.24) is 15.2 Å². The molecule has 1 aromatic heterocycles. The standard InChI is InChI=1S/C32H33N3O4S/c1-40(37,38)30-14-7-24(8-15-30)23-35-19-17-29(18-20-35)39-31-16-9-25(21-33-31)22-34-32(36)28-12-10-27(11-13-28)26-5-3-2-4-6-26/h2-16,21,29H,17-20,22-23H2,1H3,(H,34,36). The van der Waals surface area contributed by atoms with Gasteiger partial charge in [-0.2, -0.15) is 0 Å². The average Bonchev–Trinajstić information content (AvgIpc) is 2.98. The number of hydrogen-bond acceptors (Lipinski definition) is 6. The van der Waals surface area contributed by atoms with Crippen molar-refractivity contribution in [1.29, 1.82) is 0 Å². The highest BCUT2D eigenvalue weighted by molar-refractivity contribution is 7.90. The zero-order valence-corrected chi connectivity index (χ0v) is 23.3. The lowest BCUT2D eigenvalue weighted by Crippen LogP contribution is -2.37. The smallest absolute Gasteiger partial charge is 0.251 e. The minimum Gasteiger partial charge on any atom is -0.474 e. The third-order valence-corrected chi connectivity index (χ3v) is 8.21. The molecule has 5 rings (SSSR count). The van der Waals surface area contributed by atoms with Crippen molar-refractivity contribution in [2.75, 3.05) is 19.3 Å². The first kappa shape index (κ1) is 27.6. The van der Waals surface area contributed by atoms with E-state index in [2.05, 4.69) is 15.2 Å². The number of aromatic nitrogens is 1. The lowest BCUT2D eigenvalue weighted by molar-refractivity contribution is 0.0932. The number of amides is 1. The molecule has 0 spiro atoms. The van der Waals surface area contributed by atoms with E-state index >= 15 is 0 Å². The predicted octanol–water partition coefficient (Wildman–Crippen LogP) is 5.13. The molecular formula is C32H33N3O4S. The van der Waals surface area contributed by atoms with Crippen molar-refractivity contribution in [3.63, 3.8) is 0 Å². The number of sulfone groups is 1. The third kappa shape index (κ3) is 7.34. The van der Waals surface area contributed by atoms with Crippen LogP contribution in [0.15, 0.2) is 102 Å². The Kier molecular flexibility index (Phi) is 8.57. The van der Waals surface area contributed by atoms with E-state index in [1.807, 2.05) is 78.9 Å². The van der Waals surface area contributed by atoms with Gasteiger partial charge in [-0.1, -0.05) is 60.7 Å². The average molecular weight is 556 g/mol. The van der Waals surface area contributed by atoms with Crippen LogP contribution in [-0.2, 0) is 22.9 Å². The van der Waals surface area contributed by atoms with Gasteiger partial charge in [-0.05, 0) is 59.4 Å². The van der Waals surface area contributed by atoms with E-state index < -0.39 is 9.84 Å². The molecule has 1 saturated heterocycles. The van der Waals surface area contributed by atoms with Crippen LogP contribution in [0.4, 0.5) is 0 Å². The van der Waals surface area contributed by atoms with Crippen molar-refractivity contribution >= 4 is 15.7 Å². The van der Waals surface area contributed by atoms with Crippen LogP contribution in [-0.4, -0.2) is 49.7 Å². The van der Waals surface area contributed by atoms with E-state index in [9.17, 15) is 13.2 Å². The van der Waals surface area contributed by atoms with Gasteiger partial charge in [0.1, 0.15) is 6.10 Å². The Morgan fingerprint density at radius 1 is 0.875 bits per heavy atom. The van der Waals surface area contributed by atoms with Crippen LogP contribution in [0.2, 0.25) is 0 Å². The third-order valence-electron chi connectivity index (χ3n) is 7.08. The Balaban J connectivity index is 1.05. The van der Waals surface area contributed by atoms with Crippen molar-refractivity contribution < 1.29 is 17.9 Å². The molecule has 0 unspecified atom stereocenters. The first-order chi connectivity index (χ1) is 19.3. The number of nitrogens with zero attached hydrogens (tertiary/aromatic N) is 2. The van der Waals surface area contributed by atoms with Crippen LogP contribution in [0, 0.1) is 0 Å². The van der Waals surface area contributed by atoms with Gasteiger partial charge in [0.2, 0.25) is 5.88 Å². The highest BCUT2D eigenvalue weighted by Crippen LogP contribution is 2.21. The summed E-state index contributed by atoms with van der Waals surface area (Å²) in [5.41, 5.74) is 4.81. The zero-order chi connectivity index (χ0) is 28.0. The van der Waals surface area contributed by atoms with E-state index in [4.69, 9.17) is 4.74 Å². The van der Waals surface area contributed by atoms with Gasteiger partial charge in [0.05, 0.1) is 4.90 Å². The molecule has 1 amide bonds. The Hall–Kier alpha value is -4.01. The number of piperidine rings is 1. The molecule has 3 aromatic carbocycles. The van der Waals surface area contributed by atoms with Crippen molar-refractivity contribution in [2.45, 2.75) is 36.9 Å². The molecule has 0 aliphatic carbocycles. The van der Waals surface area contributed by atoms with Gasteiger partial charge in [0.15, 0.2) is 9.84 Å². The lowest BCUT2D eigenvalue weighted by atomic mass is 10.0. The van der Waals surface area contributed by atoms with Crippen molar-refractivity contribution in [2.24, 2.45) is 0 Å². The van der Waals surface area contributed by atoms with Crippen LogP contribution in [0.25, 0.3) is 11.1 Å². The van der Waals surface area contributed by atoms with Gasteiger partial charge in [-0.25, -0.2) is 13.4 Å². The van der Waals surface area contributed by atoms with E-state index in [1.165, 1.54) is 6.26 Å². The van der Waals surface area contributed by atoms with Gasteiger partial charge in [-0.15, -0.1) is 0 Å². The van der Waals surface area contributed by atoms with Crippen LogP contribution in [0.1, 0.15) is 34.3 Å². The summed E-state index contributed by atoms with van der Waals surface area (Å²) in [4.78, 5) is 19.8. The summed E-state index contributed by atoms with van der Waals surface area (Å²) < 4.78 is 29.4. The number of pyridine rings is 1. The Bertz CT molecular complexity index is 1510. The molecule has 7 nitrogen and oxygen atoms in total. The normalized spacial score (nSPS) is 14.5. The maximum absolute atomic E-state index is 12.6.